The summed E-state index contributed by atoms with van der Waals surface area (Å²) in [6.07, 6.45) is 6.45. The third-order valence-electron chi connectivity index (χ3n) is 3.73. The number of hydrogen-bond donors (Lipinski definition) is 0. The molecule has 1 aromatic carbocycles. The third-order valence-corrected chi connectivity index (χ3v) is 4.22. The van der Waals surface area contributed by atoms with Crippen molar-refractivity contribution in [3.8, 4) is 17.3 Å². The van der Waals surface area contributed by atoms with Gasteiger partial charge in [0.05, 0.1) is 7.11 Å². The number of nitrogens with zero attached hydrogens (tertiary/aromatic N) is 3. The van der Waals surface area contributed by atoms with E-state index in [1.54, 1.807) is 13.3 Å². The van der Waals surface area contributed by atoms with Crippen molar-refractivity contribution in [3.63, 3.8) is 0 Å². The number of hydrogen-bond acceptors (Lipinski definition) is 3. The van der Waals surface area contributed by atoms with E-state index < -0.39 is 0 Å². The second kappa shape index (κ2) is 6.96. The van der Waals surface area contributed by atoms with Crippen molar-refractivity contribution in [2.45, 2.75) is 19.9 Å². The maximum atomic E-state index is 5.48. The van der Waals surface area contributed by atoms with E-state index in [0.29, 0.717) is 0 Å². The molecule has 118 valence electrons. The van der Waals surface area contributed by atoms with Crippen molar-refractivity contribution in [2.75, 3.05) is 7.11 Å². The van der Waals surface area contributed by atoms with Gasteiger partial charge in [-0.15, -0.1) is 0 Å². The molecule has 3 aromatic rings. The molecule has 0 saturated heterocycles. The van der Waals surface area contributed by atoms with Crippen LogP contribution in [0.15, 0.2) is 53.4 Å². The molecule has 0 aliphatic carbocycles. The van der Waals surface area contributed by atoms with E-state index in [1.165, 1.54) is 11.1 Å². The minimum atomic E-state index is 0.822. The molecule has 0 radical (unpaired) electrons. The Hall–Kier alpha value is -2.14. The third kappa shape index (κ3) is 3.62. The van der Waals surface area contributed by atoms with Crippen LogP contribution in [0.25, 0.3) is 11.5 Å². The van der Waals surface area contributed by atoms with Gasteiger partial charge in [-0.3, -0.25) is 4.98 Å². The number of halogens is 1. The first-order valence-corrected chi connectivity index (χ1v) is 8.23. The summed E-state index contributed by atoms with van der Waals surface area (Å²) in [4.78, 5) is 8.85. The van der Waals surface area contributed by atoms with Gasteiger partial charge in [-0.25, -0.2) is 4.98 Å². The molecular formula is C18H18BrN3O. The molecule has 0 saturated carbocycles. The second-order valence-electron chi connectivity index (χ2n) is 5.37. The number of rotatable bonds is 5. The van der Waals surface area contributed by atoms with Crippen LogP contribution in [0.3, 0.4) is 0 Å². The van der Waals surface area contributed by atoms with Gasteiger partial charge >= 0.3 is 0 Å². The Morgan fingerprint density at radius 1 is 1.13 bits per heavy atom. The van der Waals surface area contributed by atoms with Crippen molar-refractivity contribution in [1.29, 1.82) is 0 Å². The Kier molecular flexibility index (Phi) is 4.76. The van der Waals surface area contributed by atoms with Gasteiger partial charge in [-0.2, -0.15) is 0 Å². The predicted octanol–water partition coefficient (Wildman–Crippen LogP) is 4.27. The van der Waals surface area contributed by atoms with Crippen LogP contribution in [-0.2, 0) is 13.0 Å². The van der Waals surface area contributed by atoms with Gasteiger partial charge in [0.2, 0.25) is 0 Å². The zero-order chi connectivity index (χ0) is 16.2. The van der Waals surface area contributed by atoms with E-state index in [4.69, 9.17) is 4.74 Å². The quantitative estimate of drug-likeness (QED) is 0.672. The summed E-state index contributed by atoms with van der Waals surface area (Å²) in [5, 5.41) is 0. The number of pyridine rings is 1. The molecule has 0 fully saturated rings. The summed E-state index contributed by atoms with van der Waals surface area (Å²) in [6, 6.07) is 10.2. The minimum absolute atomic E-state index is 0.822. The predicted molar refractivity (Wildman–Crippen MR) is 94.6 cm³/mol. The maximum absolute atomic E-state index is 5.48. The molecule has 0 N–H and O–H groups in total. The zero-order valence-electron chi connectivity index (χ0n) is 13.2. The minimum Gasteiger partial charge on any atom is -0.496 e. The summed E-state index contributed by atoms with van der Waals surface area (Å²) < 4.78 is 8.60. The van der Waals surface area contributed by atoms with Gasteiger partial charge in [-0.05, 0) is 42.7 Å². The van der Waals surface area contributed by atoms with E-state index in [1.807, 2.05) is 24.5 Å². The Bertz CT molecular complexity index is 814. The lowest BCUT2D eigenvalue weighted by Gasteiger charge is -2.11. The molecule has 0 atom stereocenters. The molecule has 23 heavy (non-hydrogen) atoms. The highest BCUT2D eigenvalue weighted by Crippen LogP contribution is 2.23. The highest BCUT2D eigenvalue weighted by molar-refractivity contribution is 9.10. The molecule has 3 rings (SSSR count). The highest BCUT2D eigenvalue weighted by atomic mass is 79.9. The number of aromatic nitrogens is 3. The van der Waals surface area contributed by atoms with Gasteiger partial charge in [0.15, 0.2) is 5.82 Å². The van der Waals surface area contributed by atoms with E-state index >= 15 is 0 Å². The van der Waals surface area contributed by atoms with Crippen LogP contribution in [0.1, 0.15) is 11.1 Å². The van der Waals surface area contributed by atoms with Crippen LogP contribution in [0, 0.1) is 6.92 Å². The van der Waals surface area contributed by atoms with Crippen LogP contribution in [0.2, 0.25) is 0 Å². The van der Waals surface area contributed by atoms with Crippen LogP contribution in [0.5, 0.6) is 5.75 Å². The first-order chi connectivity index (χ1) is 11.2. The van der Waals surface area contributed by atoms with Gasteiger partial charge < -0.3 is 9.30 Å². The number of benzene rings is 1. The van der Waals surface area contributed by atoms with Crippen LogP contribution >= 0.6 is 15.9 Å². The van der Waals surface area contributed by atoms with E-state index in [-0.39, 0.29) is 0 Å². The summed E-state index contributed by atoms with van der Waals surface area (Å²) in [5.41, 5.74) is 3.26. The molecule has 5 heteroatoms. The molecule has 0 amide bonds. The average molecular weight is 372 g/mol. The number of aryl methyl sites for hydroxylation is 3. The SMILES string of the molecule is COc1cc(C)ccc1CCn1ccnc1-c1cc(Br)ccn1. The van der Waals surface area contributed by atoms with Crippen LogP contribution in [0.4, 0.5) is 0 Å². The maximum Gasteiger partial charge on any atom is 0.158 e. The largest absolute Gasteiger partial charge is 0.496 e. The number of methoxy groups -OCH3 is 1. The molecule has 2 aromatic heterocycles. The Morgan fingerprint density at radius 2 is 2.00 bits per heavy atom. The summed E-state index contributed by atoms with van der Waals surface area (Å²) in [7, 11) is 1.71. The molecule has 2 heterocycles. The standard InChI is InChI=1S/C18H18BrN3O/c1-13-3-4-14(17(11-13)23-2)6-9-22-10-8-21-18(22)16-12-15(19)5-7-20-16/h3-5,7-8,10-12H,6,9H2,1-2H3. The Labute approximate surface area is 144 Å². The van der Waals surface area contributed by atoms with Crippen molar-refractivity contribution >= 4 is 15.9 Å². The summed E-state index contributed by atoms with van der Waals surface area (Å²) in [6.45, 7) is 2.89. The monoisotopic (exact) mass is 371 g/mol. The lowest BCUT2D eigenvalue weighted by Crippen LogP contribution is -2.04. The number of ether oxygens (including phenoxy) is 1. The van der Waals surface area contributed by atoms with Crippen molar-refractivity contribution in [1.82, 2.24) is 14.5 Å². The van der Waals surface area contributed by atoms with Crippen LogP contribution < -0.4 is 4.74 Å². The molecule has 0 bridgehead atoms. The van der Waals surface area contributed by atoms with Crippen molar-refractivity contribution in [2.24, 2.45) is 0 Å². The number of imidazole rings is 1. The fraction of sp³-hybridized carbons (Fsp3) is 0.222. The van der Waals surface area contributed by atoms with Gasteiger partial charge in [0.25, 0.3) is 0 Å². The molecule has 0 aliphatic heterocycles. The smallest absolute Gasteiger partial charge is 0.158 e. The Morgan fingerprint density at radius 3 is 2.78 bits per heavy atom. The average Bonchev–Trinajstić information content (AvgIpc) is 3.02. The first kappa shape index (κ1) is 15.7. The summed E-state index contributed by atoms with van der Waals surface area (Å²) in [5.74, 6) is 1.81. The van der Waals surface area contributed by atoms with Crippen LogP contribution in [-0.4, -0.2) is 21.6 Å². The molecule has 4 nitrogen and oxygen atoms in total. The lowest BCUT2D eigenvalue weighted by molar-refractivity contribution is 0.408. The van der Waals surface area contributed by atoms with E-state index in [9.17, 15) is 0 Å². The molecular weight excluding hydrogens is 354 g/mol. The highest BCUT2D eigenvalue weighted by Gasteiger charge is 2.09. The Balaban J connectivity index is 1.81. The topological polar surface area (TPSA) is 39.9 Å². The van der Waals surface area contributed by atoms with E-state index in [0.717, 1.165) is 34.7 Å². The fourth-order valence-corrected chi connectivity index (χ4v) is 2.88. The van der Waals surface area contributed by atoms with Crippen molar-refractivity contribution < 1.29 is 4.74 Å². The van der Waals surface area contributed by atoms with Gasteiger partial charge in [0.1, 0.15) is 11.4 Å². The first-order valence-electron chi connectivity index (χ1n) is 7.44. The van der Waals surface area contributed by atoms with Gasteiger partial charge in [0, 0.05) is 29.6 Å². The molecule has 0 unspecified atom stereocenters. The van der Waals surface area contributed by atoms with Gasteiger partial charge in [-0.1, -0.05) is 28.1 Å². The lowest BCUT2D eigenvalue weighted by atomic mass is 10.1. The summed E-state index contributed by atoms with van der Waals surface area (Å²) >= 11 is 3.48. The van der Waals surface area contributed by atoms with E-state index in [2.05, 4.69) is 55.6 Å². The second-order valence-corrected chi connectivity index (χ2v) is 6.28. The molecule has 0 aliphatic rings. The van der Waals surface area contributed by atoms with Crippen molar-refractivity contribution in [3.05, 3.63) is 64.5 Å². The normalized spacial score (nSPS) is 10.7. The zero-order valence-corrected chi connectivity index (χ0v) is 14.7. The fourth-order valence-electron chi connectivity index (χ4n) is 2.55. The molecule has 0 spiro atoms.